The van der Waals surface area contributed by atoms with Gasteiger partial charge in [-0.3, -0.25) is 4.79 Å². The molecule has 19 heavy (non-hydrogen) atoms. The van der Waals surface area contributed by atoms with E-state index >= 15 is 0 Å². The van der Waals surface area contributed by atoms with Gasteiger partial charge in [0.1, 0.15) is 11.6 Å². The summed E-state index contributed by atoms with van der Waals surface area (Å²) >= 11 is 0. The Morgan fingerprint density at radius 1 is 1.37 bits per heavy atom. The van der Waals surface area contributed by atoms with Gasteiger partial charge in [0.25, 0.3) is 0 Å². The first-order valence-electron chi connectivity index (χ1n) is 5.83. The van der Waals surface area contributed by atoms with Gasteiger partial charge in [-0.05, 0) is 12.5 Å². The van der Waals surface area contributed by atoms with Gasteiger partial charge >= 0.3 is 5.97 Å². The molecule has 0 aromatic heterocycles. The molecule has 6 heteroatoms. The number of carbonyl (C=O) groups is 2. The lowest BCUT2D eigenvalue weighted by Crippen LogP contribution is -2.38. The SMILES string of the molecule is CCCN(C(C)=O)C(C(=O)O)c1ccc(F)cc1F. The zero-order chi connectivity index (χ0) is 14.6. The summed E-state index contributed by atoms with van der Waals surface area (Å²) in [5.41, 5.74) is -0.224. The van der Waals surface area contributed by atoms with Gasteiger partial charge in [-0.15, -0.1) is 0 Å². The van der Waals surface area contributed by atoms with Crippen LogP contribution in [0.4, 0.5) is 8.78 Å². The van der Waals surface area contributed by atoms with Crippen LogP contribution in [0, 0.1) is 11.6 Å². The Morgan fingerprint density at radius 2 is 2.00 bits per heavy atom. The van der Waals surface area contributed by atoms with E-state index in [0.717, 1.165) is 17.0 Å². The van der Waals surface area contributed by atoms with E-state index in [1.165, 1.54) is 6.92 Å². The fourth-order valence-corrected chi connectivity index (χ4v) is 1.87. The van der Waals surface area contributed by atoms with E-state index in [4.69, 9.17) is 0 Å². The number of hydrogen-bond acceptors (Lipinski definition) is 2. The van der Waals surface area contributed by atoms with E-state index < -0.39 is 29.6 Å². The van der Waals surface area contributed by atoms with Gasteiger partial charge in [0.15, 0.2) is 6.04 Å². The third-order valence-corrected chi connectivity index (χ3v) is 2.67. The standard InChI is InChI=1S/C13H15F2NO3/c1-3-6-16(8(2)17)12(13(18)19)10-5-4-9(14)7-11(10)15/h4-5,7,12H,3,6H2,1-2H3,(H,18,19). The molecule has 1 rings (SSSR count). The van der Waals surface area contributed by atoms with Crippen LogP contribution in [0.5, 0.6) is 0 Å². The lowest BCUT2D eigenvalue weighted by Gasteiger charge is -2.28. The molecular formula is C13H15F2NO3. The quantitative estimate of drug-likeness (QED) is 0.894. The highest BCUT2D eigenvalue weighted by Gasteiger charge is 2.31. The van der Waals surface area contributed by atoms with Crippen LogP contribution in [-0.2, 0) is 9.59 Å². The van der Waals surface area contributed by atoms with Crippen molar-refractivity contribution in [2.45, 2.75) is 26.3 Å². The number of rotatable bonds is 5. The summed E-state index contributed by atoms with van der Waals surface area (Å²) in [7, 11) is 0. The number of halogens is 2. The summed E-state index contributed by atoms with van der Waals surface area (Å²) < 4.78 is 26.5. The predicted molar refractivity (Wildman–Crippen MR) is 64.4 cm³/mol. The molecule has 0 spiro atoms. The molecule has 1 aromatic carbocycles. The van der Waals surface area contributed by atoms with Crippen molar-refractivity contribution in [1.82, 2.24) is 4.90 Å². The van der Waals surface area contributed by atoms with Gasteiger partial charge in [-0.25, -0.2) is 13.6 Å². The van der Waals surface area contributed by atoms with Crippen molar-refractivity contribution >= 4 is 11.9 Å². The Kier molecular flexibility index (Phi) is 4.97. The highest BCUT2D eigenvalue weighted by atomic mass is 19.1. The van der Waals surface area contributed by atoms with Crippen LogP contribution in [-0.4, -0.2) is 28.4 Å². The Morgan fingerprint density at radius 3 is 2.42 bits per heavy atom. The first-order valence-corrected chi connectivity index (χ1v) is 5.83. The zero-order valence-electron chi connectivity index (χ0n) is 10.7. The summed E-state index contributed by atoms with van der Waals surface area (Å²) in [5.74, 6) is -3.60. The topological polar surface area (TPSA) is 57.6 Å². The minimum Gasteiger partial charge on any atom is -0.479 e. The van der Waals surface area contributed by atoms with Gasteiger partial charge in [-0.2, -0.15) is 0 Å². The molecule has 1 amide bonds. The maximum absolute atomic E-state index is 13.7. The van der Waals surface area contributed by atoms with Crippen molar-refractivity contribution in [2.24, 2.45) is 0 Å². The Bertz CT molecular complexity index is 491. The van der Waals surface area contributed by atoms with Crippen molar-refractivity contribution < 1.29 is 23.5 Å². The molecule has 0 saturated heterocycles. The van der Waals surface area contributed by atoms with Crippen molar-refractivity contribution in [3.8, 4) is 0 Å². The molecule has 0 aliphatic heterocycles. The fourth-order valence-electron chi connectivity index (χ4n) is 1.87. The van der Waals surface area contributed by atoms with Gasteiger partial charge < -0.3 is 10.0 Å². The van der Waals surface area contributed by atoms with Crippen LogP contribution in [0.2, 0.25) is 0 Å². The minimum absolute atomic E-state index is 0.184. The molecule has 0 radical (unpaired) electrons. The molecule has 4 nitrogen and oxygen atoms in total. The lowest BCUT2D eigenvalue weighted by molar-refractivity contribution is -0.150. The molecule has 0 bridgehead atoms. The Hall–Kier alpha value is -1.98. The Labute approximate surface area is 109 Å². The third-order valence-electron chi connectivity index (χ3n) is 2.67. The zero-order valence-corrected chi connectivity index (χ0v) is 10.7. The first kappa shape index (κ1) is 15.1. The van der Waals surface area contributed by atoms with Crippen molar-refractivity contribution in [1.29, 1.82) is 0 Å². The van der Waals surface area contributed by atoms with Crippen molar-refractivity contribution in [3.63, 3.8) is 0 Å². The number of benzene rings is 1. The van der Waals surface area contributed by atoms with Crippen LogP contribution in [0.1, 0.15) is 31.9 Å². The number of hydrogen-bond donors (Lipinski definition) is 1. The second kappa shape index (κ2) is 6.26. The van der Waals surface area contributed by atoms with E-state index in [1.807, 2.05) is 0 Å². The molecule has 1 N–H and O–H groups in total. The van der Waals surface area contributed by atoms with Crippen LogP contribution in [0.15, 0.2) is 18.2 Å². The van der Waals surface area contributed by atoms with Gasteiger partial charge in [0.05, 0.1) is 0 Å². The molecule has 0 saturated carbocycles. The average molecular weight is 271 g/mol. The molecule has 0 aliphatic carbocycles. The summed E-state index contributed by atoms with van der Waals surface area (Å²) in [6.07, 6.45) is 0.534. The van der Waals surface area contributed by atoms with Gasteiger partial charge in [0.2, 0.25) is 5.91 Å². The largest absolute Gasteiger partial charge is 0.479 e. The van der Waals surface area contributed by atoms with Crippen LogP contribution >= 0.6 is 0 Å². The summed E-state index contributed by atoms with van der Waals surface area (Å²) in [5, 5.41) is 9.21. The van der Waals surface area contributed by atoms with Crippen LogP contribution < -0.4 is 0 Å². The van der Waals surface area contributed by atoms with E-state index in [0.29, 0.717) is 12.5 Å². The highest BCUT2D eigenvalue weighted by Crippen LogP contribution is 2.25. The highest BCUT2D eigenvalue weighted by molar-refractivity contribution is 5.83. The minimum atomic E-state index is -1.45. The maximum Gasteiger partial charge on any atom is 0.331 e. The maximum atomic E-state index is 13.7. The molecular weight excluding hydrogens is 256 g/mol. The number of aliphatic carboxylic acids is 1. The number of carboxylic acid groups (broad SMARTS) is 1. The average Bonchev–Trinajstić information content (AvgIpc) is 2.30. The monoisotopic (exact) mass is 271 g/mol. The van der Waals surface area contributed by atoms with Crippen molar-refractivity contribution in [3.05, 3.63) is 35.4 Å². The molecule has 1 aromatic rings. The number of carboxylic acids is 1. The summed E-state index contributed by atoms with van der Waals surface area (Å²) in [6.45, 7) is 3.17. The molecule has 0 fully saturated rings. The molecule has 0 heterocycles. The number of amides is 1. The lowest BCUT2D eigenvalue weighted by atomic mass is 10.0. The van der Waals surface area contributed by atoms with Gasteiger partial charge in [0, 0.05) is 25.1 Å². The molecule has 1 atom stereocenters. The first-order chi connectivity index (χ1) is 8.88. The van der Waals surface area contributed by atoms with E-state index in [1.54, 1.807) is 6.92 Å². The molecule has 0 aliphatic rings. The smallest absolute Gasteiger partial charge is 0.331 e. The van der Waals surface area contributed by atoms with Gasteiger partial charge in [-0.1, -0.05) is 13.0 Å². The molecule has 104 valence electrons. The second-order valence-corrected chi connectivity index (χ2v) is 4.12. The predicted octanol–water partition coefficient (Wildman–Crippen LogP) is 2.35. The third kappa shape index (κ3) is 3.49. The number of nitrogens with zero attached hydrogens (tertiary/aromatic N) is 1. The van der Waals surface area contributed by atoms with E-state index in [-0.39, 0.29) is 12.1 Å². The van der Waals surface area contributed by atoms with Crippen molar-refractivity contribution in [2.75, 3.05) is 6.54 Å². The fraction of sp³-hybridized carbons (Fsp3) is 0.385. The Balaban J connectivity index is 3.26. The van der Waals surface area contributed by atoms with Crippen LogP contribution in [0.25, 0.3) is 0 Å². The van der Waals surface area contributed by atoms with E-state index in [2.05, 4.69) is 0 Å². The van der Waals surface area contributed by atoms with E-state index in [9.17, 15) is 23.5 Å². The number of carbonyl (C=O) groups excluding carboxylic acids is 1. The summed E-state index contributed by atoms with van der Waals surface area (Å²) in [6, 6.07) is 1.18. The molecule has 1 unspecified atom stereocenters. The summed E-state index contributed by atoms with van der Waals surface area (Å²) in [4.78, 5) is 23.9. The van der Waals surface area contributed by atoms with Crippen LogP contribution in [0.3, 0.4) is 0 Å². The normalized spacial score (nSPS) is 12.0. The second-order valence-electron chi connectivity index (χ2n) is 4.12.